The molecule has 1 aliphatic carbocycles. The fourth-order valence-electron chi connectivity index (χ4n) is 2.97. The van der Waals surface area contributed by atoms with E-state index in [2.05, 4.69) is 10.6 Å². The maximum atomic E-state index is 12.6. The molecule has 6 heteroatoms. The van der Waals surface area contributed by atoms with Gasteiger partial charge in [-0.3, -0.25) is 9.59 Å². The van der Waals surface area contributed by atoms with Crippen LogP contribution in [0, 0.1) is 0 Å². The van der Waals surface area contributed by atoms with Gasteiger partial charge in [0.05, 0.1) is 14.2 Å². The molecule has 0 aromatic heterocycles. The number of carbonyl (C=O) groups is 2. The maximum absolute atomic E-state index is 12.6. The minimum absolute atomic E-state index is 0.170. The first-order chi connectivity index (χ1) is 12.0. The van der Waals surface area contributed by atoms with Gasteiger partial charge in [-0.15, -0.1) is 0 Å². The molecule has 2 amide bonds. The molecule has 6 nitrogen and oxygen atoms in total. The van der Waals surface area contributed by atoms with E-state index in [-0.39, 0.29) is 23.6 Å². The molecule has 25 heavy (non-hydrogen) atoms. The number of methoxy groups -OCH3 is 2. The minimum Gasteiger partial charge on any atom is -0.493 e. The quantitative estimate of drug-likeness (QED) is 0.777. The van der Waals surface area contributed by atoms with Crippen molar-refractivity contribution >= 4 is 17.9 Å². The molecule has 136 valence electrons. The number of hydrogen-bond donors (Lipinski definition) is 2. The van der Waals surface area contributed by atoms with E-state index < -0.39 is 0 Å². The van der Waals surface area contributed by atoms with Crippen molar-refractivity contribution in [3.05, 3.63) is 29.5 Å². The average Bonchev–Trinajstić information content (AvgIpc) is 2.61. The van der Waals surface area contributed by atoms with Gasteiger partial charge in [0.15, 0.2) is 11.5 Å². The number of benzene rings is 1. The fourth-order valence-corrected chi connectivity index (χ4v) is 2.97. The fraction of sp³-hybridized carbons (Fsp3) is 0.474. The second kappa shape index (κ2) is 9.11. The molecule has 0 spiro atoms. The molecule has 0 unspecified atom stereocenters. The van der Waals surface area contributed by atoms with E-state index in [0.29, 0.717) is 11.5 Å². The Bertz CT molecular complexity index is 649. The molecule has 2 rings (SSSR count). The van der Waals surface area contributed by atoms with Crippen LogP contribution in [0.5, 0.6) is 11.5 Å². The summed E-state index contributed by atoms with van der Waals surface area (Å²) in [5, 5.41) is 5.64. The highest BCUT2D eigenvalue weighted by atomic mass is 16.5. The van der Waals surface area contributed by atoms with Crippen molar-refractivity contribution in [1.29, 1.82) is 0 Å². The Morgan fingerprint density at radius 1 is 1.08 bits per heavy atom. The summed E-state index contributed by atoms with van der Waals surface area (Å²) in [7, 11) is 3.11. The zero-order valence-electron chi connectivity index (χ0n) is 15.1. The maximum Gasteiger partial charge on any atom is 0.268 e. The summed E-state index contributed by atoms with van der Waals surface area (Å²) in [5.74, 6) is 0.612. The van der Waals surface area contributed by atoms with E-state index in [1.807, 2.05) is 0 Å². The third-order valence-electron chi connectivity index (χ3n) is 4.21. The van der Waals surface area contributed by atoms with E-state index in [1.165, 1.54) is 13.3 Å². The minimum atomic E-state index is -0.287. The summed E-state index contributed by atoms with van der Waals surface area (Å²) in [4.78, 5) is 24.1. The van der Waals surface area contributed by atoms with E-state index >= 15 is 0 Å². The number of ether oxygens (including phenoxy) is 2. The smallest absolute Gasteiger partial charge is 0.268 e. The molecule has 1 aromatic rings. The molecule has 1 aromatic carbocycles. The lowest BCUT2D eigenvalue weighted by molar-refractivity contribution is -0.122. The Balaban J connectivity index is 2.21. The molecule has 0 saturated heterocycles. The third-order valence-corrected chi connectivity index (χ3v) is 4.21. The molecule has 0 aliphatic heterocycles. The molecule has 0 bridgehead atoms. The van der Waals surface area contributed by atoms with Crippen LogP contribution >= 0.6 is 0 Å². The second-order valence-electron chi connectivity index (χ2n) is 6.16. The third kappa shape index (κ3) is 5.52. The molecule has 0 heterocycles. The summed E-state index contributed by atoms with van der Waals surface area (Å²) >= 11 is 0. The Morgan fingerprint density at radius 2 is 1.76 bits per heavy atom. The van der Waals surface area contributed by atoms with Crippen molar-refractivity contribution in [3.8, 4) is 11.5 Å². The Labute approximate surface area is 148 Å². The van der Waals surface area contributed by atoms with Crippen molar-refractivity contribution in [3.63, 3.8) is 0 Å². The van der Waals surface area contributed by atoms with Gasteiger partial charge < -0.3 is 20.1 Å². The van der Waals surface area contributed by atoms with Crippen molar-refractivity contribution in [2.75, 3.05) is 14.2 Å². The lowest BCUT2D eigenvalue weighted by Gasteiger charge is -2.23. The normalized spacial score (nSPS) is 15.4. The monoisotopic (exact) mass is 346 g/mol. The van der Waals surface area contributed by atoms with Crippen molar-refractivity contribution in [2.45, 2.75) is 45.1 Å². The largest absolute Gasteiger partial charge is 0.493 e. The van der Waals surface area contributed by atoms with Gasteiger partial charge in [-0.25, -0.2) is 0 Å². The lowest BCUT2D eigenvalue weighted by Crippen LogP contribution is -2.40. The van der Waals surface area contributed by atoms with Crippen LogP contribution in [-0.2, 0) is 9.59 Å². The molecular weight excluding hydrogens is 320 g/mol. The van der Waals surface area contributed by atoms with E-state index in [9.17, 15) is 9.59 Å². The molecule has 0 radical (unpaired) electrons. The van der Waals surface area contributed by atoms with Crippen LogP contribution in [0.2, 0.25) is 0 Å². The highest BCUT2D eigenvalue weighted by Gasteiger charge is 2.19. The predicted molar refractivity (Wildman–Crippen MR) is 96.4 cm³/mol. The van der Waals surface area contributed by atoms with E-state index in [4.69, 9.17) is 9.47 Å². The lowest BCUT2D eigenvalue weighted by atomic mass is 9.95. The van der Waals surface area contributed by atoms with Crippen molar-refractivity contribution < 1.29 is 19.1 Å². The summed E-state index contributed by atoms with van der Waals surface area (Å²) < 4.78 is 10.5. The first-order valence-electron chi connectivity index (χ1n) is 8.55. The SMILES string of the molecule is COc1ccc(/C=C(/NC(C)=O)C(=O)NC2CCCCC2)cc1OC. The Hall–Kier alpha value is -2.50. The summed E-state index contributed by atoms with van der Waals surface area (Å²) in [6.45, 7) is 1.39. The van der Waals surface area contributed by atoms with E-state index in [0.717, 1.165) is 31.2 Å². The van der Waals surface area contributed by atoms with Crippen molar-refractivity contribution in [1.82, 2.24) is 10.6 Å². The van der Waals surface area contributed by atoms with Crippen LogP contribution in [0.3, 0.4) is 0 Å². The van der Waals surface area contributed by atoms with Crippen LogP contribution < -0.4 is 20.1 Å². The van der Waals surface area contributed by atoms with Crippen LogP contribution in [0.4, 0.5) is 0 Å². The standard InChI is InChI=1S/C19H26N2O4/c1-13(22)20-16(19(23)21-15-7-5-4-6-8-15)11-14-9-10-17(24-2)18(12-14)25-3/h9-12,15H,4-8H2,1-3H3,(H,20,22)(H,21,23)/b16-11+. The predicted octanol–water partition coefficient (Wildman–Crippen LogP) is 2.63. The van der Waals surface area contributed by atoms with Crippen molar-refractivity contribution in [2.24, 2.45) is 0 Å². The van der Waals surface area contributed by atoms with Gasteiger partial charge in [0.2, 0.25) is 5.91 Å². The second-order valence-corrected chi connectivity index (χ2v) is 6.16. The Kier molecular flexibility index (Phi) is 6.86. The summed E-state index contributed by atoms with van der Waals surface area (Å²) in [6.07, 6.45) is 7.07. The number of rotatable bonds is 6. The van der Waals surface area contributed by atoms with E-state index in [1.54, 1.807) is 38.5 Å². The number of amides is 2. The molecule has 1 aliphatic rings. The molecule has 1 saturated carbocycles. The van der Waals surface area contributed by atoms with Gasteiger partial charge in [0.1, 0.15) is 5.70 Å². The van der Waals surface area contributed by atoms with Gasteiger partial charge >= 0.3 is 0 Å². The van der Waals surface area contributed by atoms with Gasteiger partial charge in [-0.2, -0.15) is 0 Å². The zero-order chi connectivity index (χ0) is 18.2. The molecule has 1 fully saturated rings. The first-order valence-corrected chi connectivity index (χ1v) is 8.55. The highest BCUT2D eigenvalue weighted by Crippen LogP contribution is 2.28. The van der Waals surface area contributed by atoms with Crippen LogP contribution in [-0.4, -0.2) is 32.1 Å². The van der Waals surface area contributed by atoms with Gasteiger partial charge in [-0.1, -0.05) is 25.3 Å². The van der Waals surface area contributed by atoms with Gasteiger partial charge in [0, 0.05) is 13.0 Å². The van der Waals surface area contributed by atoms with Gasteiger partial charge in [0.25, 0.3) is 5.91 Å². The average molecular weight is 346 g/mol. The molecular formula is C19H26N2O4. The molecule has 2 N–H and O–H groups in total. The zero-order valence-corrected chi connectivity index (χ0v) is 15.1. The van der Waals surface area contributed by atoms with Crippen LogP contribution in [0.25, 0.3) is 6.08 Å². The van der Waals surface area contributed by atoms with Crippen LogP contribution in [0.1, 0.15) is 44.6 Å². The summed E-state index contributed by atoms with van der Waals surface area (Å²) in [5.41, 5.74) is 0.963. The topological polar surface area (TPSA) is 76.7 Å². The number of carbonyl (C=O) groups excluding carboxylic acids is 2. The summed E-state index contributed by atoms with van der Waals surface area (Å²) in [6, 6.07) is 5.49. The number of hydrogen-bond acceptors (Lipinski definition) is 4. The number of nitrogens with one attached hydrogen (secondary N) is 2. The highest BCUT2D eigenvalue weighted by molar-refractivity contribution is 6.01. The molecule has 0 atom stereocenters. The first kappa shape index (κ1) is 18.8. The van der Waals surface area contributed by atoms with Crippen LogP contribution in [0.15, 0.2) is 23.9 Å². The van der Waals surface area contributed by atoms with Gasteiger partial charge in [-0.05, 0) is 36.6 Å². The Morgan fingerprint density at radius 3 is 2.36 bits per heavy atom.